The zero-order chi connectivity index (χ0) is 42.1. The van der Waals surface area contributed by atoms with E-state index >= 15 is 0 Å². The highest BCUT2D eigenvalue weighted by molar-refractivity contribution is 7.47. The fourth-order valence-corrected chi connectivity index (χ4v) is 7.79. The van der Waals surface area contributed by atoms with E-state index in [1.165, 1.54) is 167 Å². The van der Waals surface area contributed by atoms with Crippen LogP contribution in [0.2, 0.25) is 0 Å². The molecule has 0 fully saturated rings. The molecule has 57 heavy (non-hydrogen) atoms. The van der Waals surface area contributed by atoms with E-state index in [1.54, 1.807) is 6.08 Å². The summed E-state index contributed by atoms with van der Waals surface area (Å²) in [6.45, 7) is 4.80. The van der Waals surface area contributed by atoms with Crippen LogP contribution in [0.4, 0.5) is 0 Å². The molecule has 338 valence electrons. The van der Waals surface area contributed by atoms with Gasteiger partial charge < -0.3 is 19.8 Å². The minimum Gasteiger partial charge on any atom is -0.387 e. The number of amides is 1. The van der Waals surface area contributed by atoms with Gasteiger partial charge in [-0.1, -0.05) is 212 Å². The van der Waals surface area contributed by atoms with E-state index in [9.17, 15) is 19.4 Å². The van der Waals surface area contributed by atoms with Crippen LogP contribution in [0.25, 0.3) is 0 Å². The molecule has 8 nitrogen and oxygen atoms in total. The zero-order valence-corrected chi connectivity index (χ0v) is 39.2. The van der Waals surface area contributed by atoms with Gasteiger partial charge in [-0.3, -0.25) is 13.8 Å². The Morgan fingerprint density at radius 1 is 0.579 bits per heavy atom. The van der Waals surface area contributed by atoms with E-state index in [0.717, 1.165) is 38.5 Å². The third-order valence-electron chi connectivity index (χ3n) is 10.9. The van der Waals surface area contributed by atoms with Crippen LogP contribution in [0.1, 0.15) is 226 Å². The zero-order valence-electron chi connectivity index (χ0n) is 38.3. The molecule has 3 N–H and O–H groups in total. The minimum absolute atomic E-state index is 0.0583. The van der Waals surface area contributed by atoms with E-state index < -0.39 is 20.0 Å². The molecule has 0 aliphatic rings. The number of phosphoric ester groups is 1. The van der Waals surface area contributed by atoms with Gasteiger partial charge in [0.15, 0.2) is 0 Å². The van der Waals surface area contributed by atoms with E-state index in [4.69, 9.17) is 9.05 Å². The number of nitrogens with zero attached hydrogens (tertiary/aromatic N) is 1. The van der Waals surface area contributed by atoms with Gasteiger partial charge in [0.25, 0.3) is 0 Å². The van der Waals surface area contributed by atoms with Crippen LogP contribution in [-0.4, -0.2) is 73.4 Å². The Kier molecular flexibility index (Phi) is 39.7. The molecule has 0 aliphatic heterocycles. The van der Waals surface area contributed by atoms with Crippen LogP contribution in [-0.2, 0) is 18.4 Å². The maximum atomic E-state index is 12.8. The number of hydrogen-bond acceptors (Lipinski definition) is 5. The van der Waals surface area contributed by atoms with Crippen molar-refractivity contribution in [2.45, 2.75) is 238 Å². The predicted octanol–water partition coefficient (Wildman–Crippen LogP) is 13.7. The average Bonchev–Trinajstić information content (AvgIpc) is 3.16. The third kappa shape index (κ3) is 42.9. The molecule has 0 aromatic rings. The molecule has 1 amide bonds. The van der Waals surface area contributed by atoms with Crippen molar-refractivity contribution in [2.24, 2.45) is 0 Å². The molecule has 0 saturated heterocycles. The van der Waals surface area contributed by atoms with Crippen molar-refractivity contribution in [1.82, 2.24) is 5.32 Å². The number of likely N-dealkylation sites (N-methyl/N-ethyl adjacent to an activating group) is 1. The molecule has 0 rings (SSSR count). The van der Waals surface area contributed by atoms with E-state index in [0.29, 0.717) is 17.4 Å². The Morgan fingerprint density at radius 2 is 0.965 bits per heavy atom. The molecule has 3 atom stereocenters. The fourth-order valence-electron chi connectivity index (χ4n) is 7.06. The number of aliphatic hydroxyl groups excluding tert-OH is 1. The van der Waals surface area contributed by atoms with Gasteiger partial charge in [0.05, 0.1) is 39.9 Å². The molecule has 0 saturated carbocycles. The van der Waals surface area contributed by atoms with Gasteiger partial charge in [-0.25, -0.2) is 4.57 Å². The topological polar surface area (TPSA) is 105 Å². The standard InChI is InChI=1S/C48H95N2O6P/c1-6-8-10-12-14-16-18-20-21-22-23-24-25-26-27-28-29-30-31-33-35-37-39-41-47(51)46(45-56-57(53,54)55-44-43-50(3,4)5)49-48(52)42-40-38-36-34-32-19-17-15-13-11-9-7-2/h31,33,39,41,46-47,51H,6-30,32,34-38,40,42-45H2,1-5H3,(H-,49,52,53,54)/p+1/b33-31+,41-39+. The number of rotatable bonds is 44. The highest BCUT2D eigenvalue weighted by atomic mass is 31.2. The largest absolute Gasteiger partial charge is 0.472 e. The van der Waals surface area contributed by atoms with Crippen LogP contribution in [0, 0.1) is 0 Å². The van der Waals surface area contributed by atoms with Crippen LogP contribution in [0.3, 0.4) is 0 Å². The van der Waals surface area contributed by atoms with Crippen molar-refractivity contribution >= 4 is 13.7 Å². The Balaban J connectivity index is 4.32. The van der Waals surface area contributed by atoms with E-state index in [2.05, 4.69) is 31.3 Å². The first-order valence-electron chi connectivity index (χ1n) is 24.2. The van der Waals surface area contributed by atoms with Crippen molar-refractivity contribution in [3.63, 3.8) is 0 Å². The monoisotopic (exact) mass is 828 g/mol. The molecule has 3 unspecified atom stereocenters. The summed E-state index contributed by atoms with van der Waals surface area (Å²) in [5.74, 6) is -0.186. The van der Waals surface area contributed by atoms with E-state index in [-0.39, 0.29) is 19.1 Å². The number of allylic oxidation sites excluding steroid dienone is 3. The van der Waals surface area contributed by atoms with Crippen molar-refractivity contribution in [3.8, 4) is 0 Å². The molecule has 9 heteroatoms. The lowest BCUT2D eigenvalue weighted by Crippen LogP contribution is -2.45. The van der Waals surface area contributed by atoms with Gasteiger partial charge in [0.1, 0.15) is 13.2 Å². The lowest BCUT2D eigenvalue weighted by molar-refractivity contribution is -0.870. The number of unbranched alkanes of at least 4 members (excludes halogenated alkanes) is 29. The van der Waals surface area contributed by atoms with Crippen LogP contribution in [0.15, 0.2) is 24.3 Å². The fraction of sp³-hybridized carbons (Fsp3) is 0.896. The molecule has 0 bridgehead atoms. The van der Waals surface area contributed by atoms with Crippen molar-refractivity contribution in [1.29, 1.82) is 0 Å². The highest BCUT2D eigenvalue weighted by Gasteiger charge is 2.27. The number of phosphoric acid groups is 1. The second-order valence-electron chi connectivity index (χ2n) is 17.8. The van der Waals surface area contributed by atoms with Gasteiger partial charge in [-0.2, -0.15) is 0 Å². The van der Waals surface area contributed by atoms with Gasteiger partial charge in [-0.15, -0.1) is 0 Å². The Hall–Kier alpha value is -1.02. The number of hydrogen-bond donors (Lipinski definition) is 3. The molecule has 0 aromatic carbocycles. The molecular weight excluding hydrogens is 732 g/mol. The summed E-state index contributed by atoms with van der Waals surface area (Å²) in [6.07, 6.45) is 48.3. The number of carbonyl (C=O) groups excluding carboxylic acids is 1. The van der Waals surface area contributed by atoms with Gasteiger partial charge in [0, 0.05) is 6.42 Å². The lowest BCUT2D eigenvalue weighted by atomic mass is 10.0. The number of aliphatic hydroxyl groups is 1. The summed E-state index contributed by atoms with van der Waals surface area (Å²) in [5, 5.41) is 13.8. The molecule has 0 radical (unpaired) electrons. The number of carbonyl (C=O) groups is 1. The molecule has 0 aromatic heterocycles. The first kappa shape index (κ1) is 56.0. The van der Waals surface area contributed by atoms with Crippen molar-refractivity contribution in [2.75, 3.05) is 40.9 Å². The quantitative estimate of drug-likeness (QED) is 0.0244. The minimum atomic E-state index is -4.34. The van der Waals surface area contributed by atoms with Crippen molar-refractivity contribution < 1.29 is 32.9 Å². The first-order chi connectivity index (χ1) is 27.5. The summed E-state index contributed by atoms with van der Waals surface area (Å²) in [5.41, 5.74) is 0. The van der Waals surface area contributed by atoms with Crippen LogP contribution < -0.4 is 5.32 Å². The maximum Gasteiger partial charge on any atom is 0.472 e. The third-order valence-corrected chi connectivity index (χ3v) is 11.9. The van der Waals surface area contributed by atoms with Gasteiger partial charge >= 0.3 is 7.82 Å². The summed E-state index contributed by atoms with van der Waals surface area (Å²) in [6, 6.07) is -0.858. The smallest absolute Gasteiger partial charge is 0.387 e. The molecule has 0 heterocycles. The van der Waals surface area contributed by atoms with Crippen LogP contribution >= 0.6 is 7.82 Å². The van der Waals surface area contributed by atoms with E-state index in [1.807, 2.05) is 27.2 Å². The Labute approximate surface area is 354 Å². The predicted molar refractivity (Wildman–Crippen MR) is 245 cm³/mol. The second-order valence-corrected chi connectivity index (χ2v) is 19.3. The lowest BCUT2D eigenvalue weighted by Gasteiger charge is -2.25. The summed E-state index contributed by atoms with van der Waals surface area (Å²) < 4.78 is 23.6. The Morgan fingerprint density at radius 3 is 1.40 bits per heavy atom. The van der Waals surface area contributed by atoms with Crippen LogP contribution in [0.5, 0.6) is 0 Å². The summed E-state index contributed by atoms with van der Waals surface area (Å²) >= 11 is 0. The van der Waals surface area contributed by atoms with Gasteiger partial charge in [0.2, 0.25) is 5.91 Å². The number of quaternary nitrogens is 1. The average molecular weight is 828 g/mol. The SMILES string of the molecule is CCCCCCCCCCCCCCCCCCC/C=C/CC/C=C/C(O)C(COP(=O)(O)OCC[N+](C)(C)C)NC(=O)CCCCCCCCCCCCCC. The maximum absolute atomic E-state index is 12.8. The molecular formula is C48H96N2O6P+. The van der Waals surface area contributed by atoms with Crippen molar-refractivity contribution in [3.05, 3.63) is 24.3 Å². The normalized spacial score (nSPS) is 14.4. The highest BCUT2D eigenvalue weighted by Crippen LogP contribution is 2.43. The second kappa shape index (κ2) is 40.4. The van der Waals surface area contributed by atoms with Gasteiger partial charge in [-0.05, 0) is 32.1 Å². The summed E-state index contributed by atoms with van der Waals surface area (Å²) in [4.78, 5) is 23.1. The number of nitrogens with one attached hydrogen (secondary N) is 1. The summed E-state index contributed by atoms with van der Waals surface area (Å²) in [7, 11) is 1.56. The molecule has 0 aliphatic carbocycles. The Bertz CT molecular complexity index is 984. The first-order valence-corrected chi connectivity index (χ1v) is 25.7. The molecule has 0 spiro atoms.